The van der Waals surface area contributed by atoms with Crippen LogP contribution in [-0.4, -0.2) is 37.1 Å². The van der Waals surface area contributed by atoms with Crippen LogP contribution in [-0.2, 0) is 22.6 Å². The number of hydrogen-bond acceptors (Lipinski definition) is 3. The molecule has 1 heterocycles. The lowest BCUT2D eigenvalue weighted by atomic mass is 10.1. The second-order valence-corrected chi connectivity index (χ2v) is 6.65. The first kappa shape index (κ1) is 18.9. The van der Waals surface area contributed by atoms with Gasteiger partial charge in [0.05, 0.1) is 13.2 Å². The van der Waals surface area contributed by atoms with E-state index in [2.05, 4.69) is 41.4 Å². The highest BCUT2D eigenvalue weighted by molar-refractivity contribution is 5.75. The molecule has 1 amide bonds. The third kappa shape index (κ3) is 7.45. The molecule has 0 radical (unpaired) electrons. The molecule has 134 valence electrons. The van der Waals surface area contributed by atoms with Crippen molar-refractivity contribution in [1.29, 1.82) is 0 Å². The van der Waals surface area contributed by atoms with Gasteiger partial charge in [0.2, 0.25) is 5.91 Å². The summed E-state index contributed by atoms with van der Waals surface area (Å²) in [5, 5.41) is 3.05. The fourth-order valence-electron chi connectivity index (χ4n) is 3.03. The number of carbonyl (C=O) groups excluding carboxylic acids is 1. The van der Waals surface area contributed by atoms with Gasteiger partial charge in [-0.3, -0.25) is 9.69 Å². The van der Waals surface area contributed by atoms with Gasteiger partial charge in [-0.15, -0.1) is 0 Å². The quantitative estimate of drug-likeness (QED) is 0.667. The number of unbranched alkanes of at least 4 members (excludes halogenated alkanes) is 4. The molecule has 2 rings (SSSR count). The molecule has 0 atom stereocenters. The van der Waals surface area contributed by atoms with E-state index < -0.39 is 0 Å². The Bertz CT molecular complexity index is 484. The lowest BCUT2D eigenvalue weighted by Gasteiger charge is -2.26. The smallest absolute Gasteiger partial charge is 0.220 e. The number of rotatable bonds is 10. The van der Waals surface area contributed by atoms with Crippen LogP contribution in [0.3, 0.4) is 0 Å². The Kier molecular flexibility index (Phi) is 8.85. The van der Waals surface area contributed by atoms with E-state index in [0.29, 0.717) is 13.0 Å². The van der Waals surface area contributed by atoms with Gasteiger partial charge in [0.25, 0.3) is 0 Å². The Balaban J connectivity index is 1.68. The van der Waals surface area contributed by atoms with Crippen LogP contribution in [0.4, 0.5) is 0 Å². The predicted molar refractivity (Wildman–Crippen MR) is 97.8 cm³/mol. The van der Waals surface area contributed by atoms with Crippen LogP contribution in [0.5, 0.6) is 0 Å². The van der Waals surface area contributed by atoms with Crippen molar-refractivity contribution in [2.75, 3.05) is 26.3 Å². The molecule has 0 unspecified atom stereocenters. The fourth-order valence-corrected chi connectivity index (χ4v) is 3.03. The zero-order chi connectivity index (χ0) is 17.0. The summed E-state index contributed by atoms with van der Waals surface area (Å²) in [5.41, 5.74) is 2.49. The molecule has 1 N–H and O–H groups in total. The van der Waals surface area contributed by atoms with Gasteiger partial charge in [0.15, 0.2) is 0 Å². The normalized spacial score (nSPS) is 15.4. The van der Waals surface area contributed by atoms with Gasteiger partial charge in [0.1, 0.15) is 0 Å². The number of benzene rings is 1. The third-order valence-electron chi connectivity index (χ3n) is 4.50. The lowest BCUT2D eigenvalue weighted by Crippen LogP contribution is -2.35. The Labute approximate surface area is 146 Å². The first-order valence-electron chi connectivity index (χ1n) is 9.42. The standard InChI is InChI=1S/C20H32N2O2/c1-2-3-4-5-6-10-20(23)21-16-18-8-7-9-19(15-18)17-22-11-13-24-14-12-22/h7-9,15H,2-6,10-14,16-17H2,1H3,(H,21,23). The minimum Gasteiger partial charge on any atom is -0.379 e. The van der Waals surface area contributed by atoms with Crippen molar-refractivity contribution in [3.63, 3.8) is 0 Å². The molecule has 0 aliphatic carbocycles. The van der Waals surface area contributed by atoms with Crippen LogP contribution in [0.25, 0.3) is 0 Å². The van der Waals surface area contributed by atoms with Gasteiger partial charge in [-0.25, -0.2) is 0 Å². The monoisotopic (exact) mass is 332 g/mol. The minimum absolute atomic E-state index is 0.171. The summed E-state index contributed by atoms with van der Waals surface area (Å²) in [6.45, 7) is 7.45. The van der Waals surface area contributed by atoms with Gasteiger partial charge in [-0.1, -0.05) is 56.9 Å². The second kappa shape index (κ2) is 11.2. The molecule has 4 heteroatoms. The molecule has 1 aromatic rings. The summed E-state index contributed by atoms with van der Waals surface area (Å²) in [4.78, 5) is 14.3. The summed E-state index contributed by atoms with van der Waals surface area (Å²) in [5.74, 6) is 0.171. The van der Waals surface area contributed by atoms with Crippen molar-refractivity contribution in [2.45, 2.75) is 58.5 Å². The maximum Gasteiger partial charge on any atom is 0.220 e. The number of hydrogen-bond donors (Lipinski definition) is 1. The summed E-state index contributed by atoms with van der Waals surface area (Å²) >= 11 is 0. The van der Waals surface area contributed by atoms with Gasteiger partial charge < -0.3 is 10.1 Å². The van der Waals surface area contributed by atoms with E-state index in [0.717, 1.165) is 45.7 Å². The highest BCUT2D eigenvalue weighted by Crippen LogP contribution is 2.10. The van der Waals surface area contributed by atoms with Crippen LogP contribution >= 0.6 is 0 Å². The van der Waals surface area contributed by atoms with Gasteiger partial charge in [-0.05, 0) is 17.5 Å². The predicted octanol–water partition coefficient (Wildman–Crippen LogP) is 3.50. The molecular formula is C20H32N2O2. The Hall–Kier alpha value is -1.39. The molecule has 1 aliphatic heterocycles. The Morgan fingerprint density at radius 1 is 1.12 bits per heavy atom. The van der Waals surface area contributed by atoms with Crippen molar-refractivity contribution in [2.24, 2.45) is 0 Å². The summed E-state index contributed by atoms with van der Waals surface area (Å²) in [6.07, 6.45) is 6.58. The number of ether oxygens (including phenoxy) is 1. The largest absolute Gasteiger partial charge is 0.379 e. The van der Waals surface area contributed by atoms with Crippen molar-refractivity contribution in [1.82, 2.24) is 10.2 Å². The van der Waals surface area contributed by atoms with Crippen molar-refractivity contribution in [3.05, 3.63) is 35.4 Å². The number of morpholine rings is 1. The van der Waals surface area contributed by atoms with E-state index in [1.54, 1.807) is 0 Å². The van der Waals surface area contributed by atoms with E-state index in [-0.39, 0.29) is 5.91 Å². The molecule has 1 fully saturated rings. The number of amides is 1. The topological polar surface area (TPSA) is 41.6 Å². The van der Waals surface area contributed by atoms with Gasteiger partial charge in [-0.2, -0.15) is 0 Å². The summed E-state index contributed by atoms with van der Waals surface area (Å²) in [7, 11) is 0. The fraction of sp³-hybridized carbons (Fsp3) is 0.650. The maximum absolute atomic E-state index is 11.9. The molecule has 1 saturated heterocycles. The molecule has 24 heavy (non-hydrogen) atoms. The first-order chi connectivity index (χ1) is 11.8. The van der Waals surface area contributed by atoms with Crippen LogP contribution in [0.1, 0.15) is 56.6 Å². The SMILES string of the molecule is CCCCCCCC(=O)NCc1cccc(CN2CCOCC2)c1. The lowest BCUT2D eigenvalue weighted by molar-refractivity contribution is -0.121. The maximum atomic E-state index is 11.9. The van der Waals surface area contributed by atoms with E-state index in [4.69, 9.17) is 4.74 Å². The van der Waals surface area contributed by atoms with Gasteiger partial charge in [0, 0.05) is 32.6 Å². The first-order valence-corrected chi connectivity index (χ1v) is 9.42. The van der Waals surface area contributed by atoms with Crippen LogP contribution in [0.15, 0.2) is 24.3 Å². The summed E-state index contributed by atoms with van der Waals surface area (Å²) < 4.78 is 5.39. The Morgan fingerprint density at radius 3 is 2.67 bits per heavy atom. The Morgan fingerprint density at radius 2 is 1.88 bits per heavy atom. The molecule has 0 saturated carbocycles. The van der Waals surface area contributed by atoms with E-state index in [1.807, 2.05) is 0 Å². The molecular weight excluding hydrogens is 300 g/mol. The van der Waals surface area contributed by atoms with Crippen LogP contribution < -0.4 is 5.32 Å². The van der Waals surface area contributed by atoms with Crippen molar-refractivity contribution in [3.8, 4) is 0 Å². The van der Waals surface area contributed by atoms with E-state index in [9.17, 15) is 4.79 Å². The van der Waals surface area contributed by atoms with Crippen LogP contribution in [0.2, 0.25) is 0 Å². The van der Waals surface area contributed by atoms with Gasteiger partial charge >= 0.3 is 0 Å². The molecule has 0 spiro atoms. The average molecular weight is 332 g/mol. The molecule has 4 nitrogen and oxygen atoms in total. The highest BCUT2D eigenvalue weighted by Gasteiger charge is 2.10. The minimum atomic E-state index is 0.171. The second-order valence-electron chi connectivity index (χ2n) is 6.65. The van der Waals surface area contributed by atoms with Crippen molar-refractivity contribution >= 4 is 5.91 Å². The zero-order valence-corrected chi connectivity index (χ0v) is 15.1. The highest BCUT2D eigenvalue weighted by atomic mass is 16.5. The number of nitrogens with zero attached hydrogens (tertiary/aromatic N) is 1. The molecule has 1 aliphatic rings. The number of carbonyl (C=O) groups is 1. The molecule has 1 aromatic carbocycles. The molecule has 0 bridgehead atoms. The van der Waals surface area contributed by atoms with E-state index >= 15 is 0 Å². The molecule has 0 aromatic heterocycles. The average Bonchev–Trinajstić information content (AvgIpc) is 2.61. The van der Waals surface area contributed by atoms with Crippen molar-refractivity contribution < 1.29 is 9.53 Å². The van der Waals surface area contributed by atoms with E-state index in [1.165, 1.54) is 30.4 Å². The number of nitrogens with one attached hydrogen (secondary N) is 1. The zero-order valence-electron chi connectivity index (χ0n) is 15.1. The summed E-state index contributed by atoms with van der Waals surface area (Å²) in [6, 6.07) is 8.54. The van der Waals surface area contributed by atoms with Crippen LogP contribution in [0, 0.1) is 0 Å². The third-order valence-corrected chi connectivity index (χ3v) is 4.50.